The Morgan fingerprint density at radius 2 is 1.48 bits per heavy atom. The second-order valence-corrected chi connectivity index (χ2v) is 7.55. The quantitative estimate of drug-likeness (QED) is 0.561. The van der Waals surface area contributed by atoms with Gasteiger partial charge in [-0.2, -0.15) is 0 Å². The summed E-state index contributed by atoms with van der Waals surface area (Å²) in [6.07, 6.45) is 2.87. The Kier molecular flexibility index (Phi) is 10.3. The summed E-state index contributed by atoms with van der Waals surface area (Å²) < 4.78 is 5.26. The summed E-state index contributed by atoms with van der Waals surface area (Å²) in [6.45, 7) is 4.10. The molecule has 1 unspecified atom stereocenters. The van der Waals surface area contributed by atoms with Gasteiger partial charge in [0.2, 0.25) is 11.8 Å². The van der Waals surface area contributed by atoms with E-state index in [1.54, 1.807) is 0 Å². The summed E-state index contributed by atoms with van der Waals surface area (Å²) in [4.78, 5) is 37.8. The van der Waals surface area contributed by atoms with Crippen LogP contribution >= 0.6 is 0 Å². The normalized spacial score (nSPS) is 12.5. The maximum absolute atomic E-state index is 12.9. The van der Waals surface area contributed by atoms with Crippen LogP contribution in [-0.2, 0) is 27.4 Å². The van der Waals surface area contributed by atoms with Crippen LogP contribution in [0.1, 0.15) is 50.7 Å². The molecule has 166 valence electrons. The van der Waals surface area contributed by atoms with Crippen LogP contribution in [0, 0.1) is 5.92 Å². The van der Waals surface area contributed by atoms with Gasteiger partial charge in [-0.15, -0.1) is 0 Å². The summed E-state index contributed by atoms with van der Waals surface area (Å²) in [5.74, 6) is -1.04. The molecule has 0 aliphatic rings. The molecule has 0 spiro atoms. The number of amides is 3. The highest BCUT2D eigenvalue weighted by molar-refractivity contribution is 5.99. The van der Waals surface area contributed by atoms with Crippen LogP contribution < -0.4 is 10.6 Å². The van der Waals surface area contributed by atoms with Crippen molar-refractivity contribution >= 4 is 17.9 Å². The largest absolute Gasteiger partial charge is 0.445 e. The molecular formula is C25H32N2O4. The van der Waals surface area contributed by atoms with Gasteiger partial charge >= 0.3 is 6.09 Å². The molecule has 0 saturated carbocycles. The van der Waals surface area contributed by atoms with E-state index in [2.05, 4.69) is 17.6 Å². The molecule has 0 aromatic heterocycles. The first-order valence-corrected chi connectivity index (χ1v) is 10.9. The van der Waals surface area contributed by atoms with Crippen molar-refractivity contribution in [3.05, 3.63) is 71.8 Å². The molecule has 0 aliphatic carbocycles. The minimum atomic E-state index is -0.918. The number of nitrogens with one attached hydrogen (secondary N) is 2. The predicted octanol–water partition coefficient (Wildman–Crippen LogP) is 4.38. The van der Waals surface area contributed by atoms with Crippen LogP contribution in [0.4, 0.5) is 4.79 Å². The SMILES string of the molecule is CCCCC(CC)C(=O)NC(=O)[C@H](Cc1ccccc1)NC(=O)OCc1ccccc1. The fourth-order valence-corrected chi connectivity index (χ4v) is 3.25. The van der Waals surface area contributed by atoms with Crippen LogP contribution in [0.25, 0.3) is 0 Å². The molecule has 2 aromatic carbocycles. The number of alkyl carbamates (subject to hydrolysis) is 1. The molecule has 6 nitrogen and oxygen atoms in total. The second-order valence-electron chi connectivity index (χ2n) is 7.55. The standard InChI is InChI=1S/C25H32N2O4/c1-3-5-16-21(4-2)23(28)27-24(29)22(17-19-12-8-6-9-13-19)26-25(30)31-18-20-14-10-7-11-15-20/h6-15,21-22H,3-5,16-18H2,1-2H3,(H,26,30)(H,27,28,29)/t21?,22-/m0/s1. The van der Waals surface area contributed by atoms with Crippen LogP contribution in [0.15, 0.2) is 60.7 Å². The first-order chi connectivity index (χ1) is 15.0. The zero-order valence-electron chi connectivity index (χ0n) is 18.3. The van der Waals surface area contributed by atoms with Gasteiger partial charge in [0.1, 0.15) is 12.6 Å². The van der Waals surface area contributed by atoms with Gasteiger partial charge < -0.3 is 10.1 Å². The van der Waals surface area contributed by atoms with Crippen molar-refractivity contribution in [1.29, 1.82) is 0 Å². The van der Waals surface area contributed by atoms with E-state index in [0.29, 0.717) is 6.42 Å². The summed E-state index contributed by atoms with van der Waals surface area (Å²) in [5, 5.41) is 5.11. The lowest BCUT2D eigenvalue weighted by Crippen LogP contribution is -2.50. The molecule has 0 bridgehead atoms. The summed E-state index contributed by atoms with van der Waals surface area (Å²) in [5.41, 5.74) is 1.72. The Morgan fingerprint density at radius 3 is 2.06 bits per heavy atom. The van der Waals surface area contributed by atoms with Gasteiger partial charge in [-0.1, -0.05) is 87.4 Å². The van der Waals surface area contributed by atoms with Gasteiger partial charge in [0.05, 0.1) is 0 Å². The predicted molar refractivity (Wildman–Crippen MR) is 120 cm³/mol. The number of unbranched alkanes of at least 4 members (excludes halogenated alkanes) is 1. The van der Waals surface area contributed by atoms with E-state index < -0.39 is 18.0 Å². The molecule has 0 radical (unpaired) electrons. The van der Waals surface area contributed by atoms with Crippen molar-refractivity contribution in [3.63, 3.8) is 0 Å². The molecule has 2 rings (SSSR count). The Morgan fingerprint density at radius 1 is 0.871 bits per heavy atom. The number of hydrogen-bond acceptors (Lipinski definition) is 4. The molecule has 2 aromatic rings. The monoisotopic (exact) mass is 424 g/mol. The molecule has 2 N–H and O–H groups in total. The highest BCUT2D eigenvalue weighted by Crippen LogP contribution is 2.13. The lowest BCUT2D eigenvalue weighted by molar-refractivity contribution is -0.134. The number of ether oxygens (including phenoxy) is 1. The highest BCUT2D eigenvalue weighted by Gasteiger charge is 2.26. The number of rotatable bonds is 11. The topological polar surface area (TPSA) is 84.5 Å². The van der Waals surface area contributed by atoms with E-state index in [9.17, 15) is 14.4 Å². The fraction of sp³-hybridized carbons (Fsp3) is 0.400. The third kappa shape index (κ3) is 8.62. The van der Waals surface area contributed by atoms with E-state index in [1.807, 2.05) is 67.6 Å². The van der Waals surface area contributed by atoms with Crippen LogP contribution in [0.3, 0.4) is 0 Å². The van der Waals surface area contributed by atoms with Crippen molar-refractivity contribution in [2.45, 2.75) is 58.6 Å². The molecule has 0 heterocycles. The van der Waals surface area contributed by atoms with Gasteiger partial charge in [-0.05, 0) is 24.0 Å². The van der Waals surface area contributed by atoms with E-state index in [1.165, 1.54) is 0 Å². The minimum Gasteiger partial charge on any atom is -0.445 e. The lowest BCUT2D eigenvalue weighted by Gasteiger charge is -2.20. The smallest absolute Gasteiger partial charge is 0.408 e. The third-order valence-corrected chi connectivity index (χ3v) is 5.12. The second kappa shape index (κ2) is 13.2. The Labute approximate surface area is 184 Å². The molecular weight excluding hydrogens is 392 g/mol. The Balaban J connectivity index is 2.02. The van der Waals surface area contributed by atoms with Crippen molar-refractivity contribution in [2.75, 3.05) is 0 Å². The van der Waals surface area contributed by atoms with Crippen molar-refractivity contribution in [1.82, 2.24) is 10.6 Å². The zero-order chi connectivity index (χ0) is 22.5. The molecule has 2 atom stereocenters. The van der Waals surface area contributed by atoms with Gasteiger partial charge in [-0.25, -0.2) is 4.79 Å². The molecule has 6 heteroatoms. The molecule has 0 saturated heterocycles. The van der Waals surface area contributed by atoms with E-state index in [4.69, 9.17) is 4.74 Å². The van der Waals surface area contributed by atoms with Crippen LogP contribution in [-0.4, -0.2) is 23.9 Å². The summed E-state index contributed by atoms with van der Waals surface area (Å²) >= 11 is 0. The highest BCUT2D eigenvalue weighted by atomic mass is 16.5. The van der Waals surface area contributed by atoms with Crippen LogP contribution in [0.5, 0.6) is 0 Å². The van der Waals surface area contributed by atoms with Crippen molar-refractivity contribution < 1.29 is 19.1 Å². The number of imide groups is 1. The molecule has 3 amide bonds. The maximum Gasteiger partial charge on any atom is 0.408 e. The first kappa shape index (κ1) is 24.1. The van der Waals surface area contributed by atoms with Gasteiger partial charge in [0.25, 0.3) is 0 Å². The van der Waals surface area contributed by atoms with Gasteiger partial charge in [0.15, 0.2) is 0 Å². The molecule has 0 fully saturated rings. The average molecular weight is 425 g/mol. The molecule has 31 heavy (non-hydrogen) atoms. The fourth-order valence-electron chi connectivity index (χ4n) is 3.25. The van der Waals surface area contributed by atoms with Crippen molar-refractivity contribution in [2.24, 2.45) is 5.92 Å². The van der Waals surface area contributed by atoms with E-state index in [-0.39, 0.29) is 24.9 Å². The maximum atomic E-state index is 12.9. The van der Waals surface area contributed by atoms with Crippen molar-refractivity contribution in [3.8, 4) is 0 Å². The number of carbonyl (C=O) groups excluding carboxylic acids is 3. The van der Waals surface area contributed by atoms with Crippen LogP contribution in [0.2, 0.25) is 0 Å². The average Bonchev–Trinajstić information content (AvgIpc) is 2.79. The number of benzene rings is 2. The number of hydrogen-bond donors (Lipinski definition) is 2. The third-order valence-electron chi connectivity index (χ3n) is 5.12. The first-order valence-electron chi connectivity index (χ1n) is 10.9. The summed E-state index contributed by atoms with van der Waals surface area (Å²) in [6, 6.07) is 17.7. The van der Waals surface area contributed by atoms with Gasteiger partial charge in [0, 0.05) is 12.3 Å². The zero-order valence-corrected chi connectivity index (χ0v) is 18.3. The van der Waals surface area contributed by atoms with E-state index in [0.717, 1.165) is 30.4 Å². The van der Waals surface area contributed by atoms with E-state index >= 15 is 0 Å². The Bertz CT molecular complexity index is 824. The Hall–Kier alpha value is -3.15. The lowest BCUT2D eigenvalue weighted by atomic mass is 9.98. The van der Waals surface area contributed by atoms with Gasteiger partial charge in [-0.3, -0.25) is 14.9 Å². The minimum absolute atomic E-state index is 0.0974. The number of carbonyl (C=O) groups is 3. The summed E-state index contributed by atoms with van der Waals surface area (Å²) in [7, 11) is 0. The molecule has 0 aliphatic heterocycles.